The van der Waals surface area contributed by atoms with Gasteiger partial charge in [-0.05, 0) is 55.7 Å². The third-order valence-electron chi connectivity index (χ3n) is 4.45. The summed E-state index contributed by atoms with van der Waals surface area (Å²) >= 11 is 0. The van der Waals surface area contributed by atoms with Crippen LogP contribution in [0.2, 0.25) is 0 Å². The van der Waals surface area contributed by atoms with Gasteiger partial charge in [-0.25, -0.2) is 17.5 Å². The molecule has 0 spiro atoms. The van der Waals surface area contributed by atoms with Gasteiger partial charge in [0.15, 0.2) is 0 Å². The van der Waals surface area contributed by atoms with Gasteiger partial charge in [0, 0.05) is 11.7 Å². The minimum absolute atomic E-state index is 0.137. The predicted octanol–water partition coefficient (Wildman–Crippen LogP) is 2.82. The molecule has 6 heteroatoms. The highest BCUT2D eigenvalue weighted by Gasteiger charge is 2.29. The molecule has 0 heterocycles. The lowest BCUT2D eigenvalue weighted by atomic mass is 9.79. The fraction of sp³-hybridized carbons (Fsp3) is 0.600. The summed E-state index contributed by atoms with van der Waals surface area (Å²) in [6.07, 6.45) is 2.55. The Hall–Kier alpha value is -1.14. The van der Waals surface area contributed by atoms with Gasteiger partial charge in [-0.15, -0.1) is 0 Å². The zero-order valence-electron chi connectivity index (χ0n) is 12.7. The summed E-state index contributed by atoms with van der Waals surface area (Å²) < 4.78 is 41.5. The summed E-state index contributed by atoms with van der Waals surface area (Å²) in [5.74, 6) is 0.324. The molecule has 3 unspecified atom stereocenters. The molecule has 1 fully saturated rings. The largest absolute Gasteiger partial charge is 0.399 e. The number of sulfonamides is 1. The summed E-state index contributed by atoms with van der Waals surface area (Å²) in [7, 11) is -3.88. The summed E-state index contributed by atoms with van der Waals surface area (Å²) in [6.45, 7) is 5.81. The SMILES string of the molecule is Cc1cc(N)cc(S(=O)(=O)NC2CCC(C)C(C)C2)c1F. The lowest BCUT2D eigenvalue weighted by Gasteiger charge is -2.32. The lowest BCUT2D eigenvalue weighted by Crippen LogP contribution is -2.40. The number of nitrogens with two attached hydrogens (primary N) is 1. The molecule has 3 atom stereocenters. The van der Waals surface area contributed by atoms with Crippen molar-refractivity contribution in [1.29, 1.82) is 0 Å². The number of hydrogen-bond donors (Lipinski definition) is 2. The molecular weight excluding hydrogens is 291 g/mol. The monoisotopic (exact) mass is 314 g/mol. The third-order valence-corrected chi connectivity index (χ3v) is 5.97. The van der Waals surface area contributed by atoms with E-state index in [1.165, 1.54) is 19.1 Å². The van der Waals surface area contributed by atoms with Gasteiger partial charge in [0.1, 0.15) is 10.7 Å². The number of halogens is 1. The highest BCUT2D eigenvalue weighted by Crippen LogP contribution is 2.30. The van der Waals surface area contributed by atoms with Crippen LogP contribution in [0.15, 0.2) is 17.0 Å². The first-order chi connectivity index (χ1) is 9.70. The summed E-state index contributed by atoms with van der Waals surface area (Å²) in [6, 6.07) is 2.47. The highest BCUT2D eigenvalue weighted by molar-refractivity contribution is 7.89. The Morgan fingerprint density at radius 3 is 2.52 bits per heavy atom. The second-order valence-corrected chi connectivity index (χ2v) is 7.92. The Bertz CT molecular complexity index is 631. The number of nitrogens with one attached hydrogen (secondary N) is 1. The van der Waals surface area contributed by atoms with Crippen LogP contribution < -0.4 is 10.5 Å². The van der Waals surface area contributed by atoms with E-state index in [0.29, 0.717) is 11.8 Å². The Kier molecular flexibility index (Phi) is 4.58. The molecule has 4 nitrogen and oxygen atoms in total. The quantitative estimate of drug-likeness (QED) is 0.843. The molecule has 1 aromatic carbocycles. The van der Waals surface area contributed by atoms with Crippen LogP contribution in [0, 0.1) is 24.6 Å². The molecule has 0 bridgehead atoms. The van der Waals surface area contributed by atoms with Gasteiger partial charge in [-0.1, -0.05) is 13.8 Å². The maximum absolute atomic E-state index is 14.1. The molecule has 1 aromatic rings. The van der Waals surface area contributed by atoms with Crippen LogP contribution in [0.4, 0.5) is 10.1 Å². The van der Waals surface area contributed by atoms with Gasteiger partial charge in [-0.3, -0.25) is 0 Å². The average Bonchev–Trinajstić information content (AvgIpc) is 2.37. The molecule has 0 amide bonds. The van der Waals surface area contributed by atoms with Crippen molar-refractivity contribution in [2.75, 3.05) is 5.73 Å². The van der Waals surface area contributed by atoms with E-state index in [9.17, 15) is 12.8 Å². The van der Waals surface area contributed by atoms with Gasteiger partial charge >= 0.3 is 0 Å². The second kappa shape index (κ2) is 5.93. The van der Waals surface area contributed by atoms with E-state index in [0.717, 1.165) is 19.3 Å². The van der Waals surface area contributed by atoms with Crippen molar-refractivity contribution in [1.82, 2.24) is 4.72 Å². The van der Waals surface area contributed by atoms with Gasteiger partial charge in [0.25, 0.3) is 0 Å². The van der Waals surface area contributed by atoms with Crippen molar-refractivity contribution >= 4 is 15.7 Å². The van der Waals surface area contributed by atoms with E-state index in [-0.39, 0.29) is 22.2 Å². The van der Waals surface area contributed by atoms with Gasteiger partial charge in [-0.2, -0.15) is 0 Å². The molecule has 2 rings (SSSR count). The van der Waals surface area contributed by atoms with Crippen LogP contribution in [0.25, 0.3) is 0 Å². The van der Waals surface area contributed by atoms with Crippen molar-refractivity contribution in [3.05, 3.63) is 23.5 Å². The van der Waals surface area contributed by atoms with E-state index < -0.39 is 15.8 Å². The second-order valence-electron chi connectivity index (χ2n) is 6.24. The molecule has 1 aliphatic carbocycles. The van der Waals surface area contributed by atoms with Crippen molar-refractivity contribution in [3.8, 4) is 0 Å². The van der Waals surface area contributed by atoms with Gasteiger partial charge in [0.05, 0.1) is 0 Å². The maximum Gasteiger partial charge on any atom is 0.243 e. The Labute approximate surface area is 126 Å². The van der Waals surface area contributed by atoms with Crippen LogP contribution >= 0.6 is 0 Å². The number of rotatable bonds is 3. The maximum atomic E-state index is 14.1. The normalized spacial score (nSPS) is 26.8. The predicted molar refractivity (Wildman–Crippen MR) is 81.8 cm³/mol. The van der Waals surface area contributed by atoms with E-state index in [1.54, 1.807) is 0 Å². The number of nitrogen functional groups attached to an aromatic ring is 1. The lowest BCUT2D eigenvalue weighted by molar-refractivity contribution is 0.241. The highest BCUT2D eigenvalue weighted by atomic mass is 32.2. The zero-order valence-corrected chi connectivity index (χ0v) is 13.5. The first-order valence-corrected chi connectivity index (χ1v) is 8.77. The molecule has 3 N–H and O–H groups in total. The van der Waals surface area contributed by atoms with E-state index in [2.05, 4.69) is 18.6 Å². The van der Waals surface area contributed by atoms with Crippen molar-refractivity contribution in [3.63, 3.8) is 0 Å². The minimum Gasteiger partial charge on any atom is -0.399 e. The number of hydrogen-bond acceptors (Lipinski definition) is 3. The molecule has 0 aromatic heterocycles. The van der Waals surface area contributed by atoms with Crippen LogP contribution in [-0.4, -0.2) is 14.5 Å². The zero-order chi connectivity index (χ0) is 15.8. The minimum atomic E-state index is -3.88. The molecule has 0 aliphatic heterocycles. The standard InChI is InChI=1S/C15H23FN2O2S/c1-9-4-5-13(7-10(9)2)18-21(19,20)14-8-12(17)6-11(3)15(14)16/h6,8-10,13,18H,4-5,7,17H2,1-3H3. The third kappa shape index (κ3) is 3.55. The van der Waals surface area contributed by atoms with Crippen molar-refractivity contribution in [2.24, 2.45) is 11.8 Å². The van der Waals surface area contributed by atoms with Gasteiger partial charge < -0.3 is 5.73 Å². The van der Waals surface area contributed by atoms with Crippen molar-refractivity contribution in [2.45, 2.75) is 51.0 Å². The molecule has 1 aliphatic rings. The topological polar surface area (TPSA) is 72.2 Å². The Morgan fingerprint density at radius 1 is 1.24 bits per heavy atom. The number of anilines is 1. The average molecular weight is 314 g/mol. The summed E-state index contributed by atoms with van der Waals surface area (Å²) in [5.41, 5.74) is 6.13. The first-order valence-electron chi connectivity index (χ1n) is 7.28. The molecular formula is C15H23FN2O2S. The fourth-order valence-corrected chi connectivity index (χ4v) is 4.37. The van der Waals surface area contributed by atoms with Gasteiger partial charge in [0.2, 0.25) is 10.0 Å². The first kappa shape index (κ1) is 16.2. The van der Waals surface area contributed by atoms with Crippen LogP contribution in [-0.2, 0) is 10.0 Å². The van der Waals surface area contributed by atoms with Crippen LogP contribution in [0.3, 0.4) is 0 Å². The summed E-state index contributed by atoms with van der Waals surface area (Å²) in [5, 5.41) is 0. The van der Waals surface area contributed by atoms with Crippen molar-refractivity contribution < 1.29 is 12.8 Å². The van der Waals surface area contributed by atoms with E-state index >= 15 is 0 Å². The molecule has 0 saturated heterocycles. The van der Waals surface area contributed by atoms with E-state index in [4.69, 9.17) is 5.73 Å². The van der Waals surface area contributed by atoms with Crippen LogP contribution in [0.5, 0.6) is 0 Å². The fourth-order valence-electron chi connectivity index (χ4n) is 2.90. The number of aryl methyl sites for hydroxylation is 1. The van der Waals surface area contributed by atoms with E-state index in [1.807, 2.05) is 0 Å². The van der Waals surface area contributed by atoms with Crippen LogP contribution in [0.1, 0.15) is 38.7 Å². The Balaban J connectivity index is 2.23. The smallest absolute Gasteiger partial charge is 0.243 e. The Morgan fingerprint density at radius 2 is 1.90 bits per heavy atom. The summed E-state index contributed by atoms with van der Waals surface area (Å²) in [4.78, 5) is -0.355. The molecule has 1 saturated carbocycles. The molecule has 118 valence electrons. The molecule has 0 radical (unpaired) electrons. The number of benzene rings is 1. The molecule has 21 heavy (non-hydrogen) atoms.